The molecule has 1 aromatic rings. The normalized spacial score (nSPS) is 26.0. The van der Waals surface area contributed by atoms with E-state index in [9.17, 15) is 14.7 Å². The van der Waals surface area contributed by atoms with Crippen LogP contribution >= 0.6 is 0 Å². The molecule has 2 aliphatic rings. The number of aliphatic hydroxyl groups excluding tert-OH is 1. The number of urea groups is 1. The second-order valence-corrected chi connectivity index (χ2v) is 9.73. The molecule has 3 unspecified atom stereocenters. The number of carbonyl (C=O) groups excluding carboxylic acids is 2. The molecule has 0 aromatic heterocycles. The van der Waals surface area contributed by atoms with Crippen molar-refractivity contribution in [1.29, 1.82) is 0 Å². The fourth-order valence-corrected chi connectivity index (χ4v) is 5.25. The standard InChI is InChI=1S/C24H34N2O5/c1-6-7-17-8-9-19(20(10-17)30-5)31-14-18(27)13-26-21(28)24(25-22(26)29)12-16(2)11-23(3,4)15-24/h6,8-10,16,18,27H,1,7,11-15H2,2-5H3,(H,25,29). The summed E-state index contributed by atoms with van der Waals surface area (Å²) in [6.45, 7) is 9.92. The van der Waals surface area contributed by atoms with Crippen molar-refractivity contribution in [3.05, 3.63) is 36.4 Å². The molecule has 3 atom stereocenters. The Morgan fingerprint density at radius 1 is 1.32 bits per heavy atom. The summed E-state index contributed by atoms with van der Waals surface area (Å²) >= 11 is 0. The van der Waals surface area contributed by atoms with E-state index in [4.69, 9.17) is 9.47 Å². The van der Waals surface area contributed by atoms with E-state index in [1.807, 2.05) is 12.1 Å². The average molecular weight is 431 g/mol. The maximum atomic E-state index is 13.2. The van der Waals surface area contributed by atoms with E-state index in [1.165, 1.54) is 0 Å². The van der Waals surface area contributed by atoms with Crippen molar-refractivity contribution in [2.75, 3.05) is 20.3 Å². The Hall–Kier alpha value is -2.54. The molecule has 1 heterocycles. The summed E-state index contributed by atoms with van der Waals surface area (Å²) in [5, 5.41) is 13.4. The number of hydrogen-bond donors (Lipinski definition) is 2. The minimum absolute atomic E-state index is 0.0351. The van der Waals surface area contributed by atoms with Crippen LogP contribution in [0.15, 0.2) is 30.9 Å². The largest absolute Gasteiger partial charge is 0.493 e. The molecule has 31 heavy (non-hydrogen) atoms. The highest BCUT2D eigenvalue weighted by Gasteiger charge is 2.56. The van der Waals surface area contributed by atoms with Gasteiger partial charge < -0.3 is 19.9 Å². The van der Waals surface area contributed by atoms with Crippen molar-refractivity contribution in [2.45, 2.75) is 58.1 Å². The molecule has 1 aliphatic heterocycles. The molecule has 7 nitrogen and oxygen atoms in total. The fraction of sp³-hybridized carbons (Fsp3) is 0.583. The van der Waals surface area contributed by atoms with Crippen LogP contribution in [-0.2, 0) is 11.2 Å². The van der Waals surface area contributed by atoms with E-state index < -0.39 is 17.7 Å². The van der Waals surface area contributed by atoms with Gasteiger partial charge >= 0.3 is 6.03 Å². The zero-order valence-corrected chi connectivity index (χ0v) is 18.9. The first-order valence-corrected chi connectivity index (χ1v) is 10.8. The first-order valence-electron chi connectivity index (χ1n) is 10.8. The van der Waals surface area contributed by atoms with Gasteiger partial charge in [0, 0.05) is 0 Å². The van der Waals surface area contributed by atoms with Gasteiger partial charge in [-0.1, -0.05) is 32.9 Å². The van der Waals surface area contributed by atoms with Crippen molar-refractivity contribution < 1.29 is 24.2 Å². The van der Waals surface area contributed by atoms with Gasteiger partial charge in [-0.3, -0.25) is 9.69 Å². The number of imide groups is 1. The first kappa shape index (κ1) is 23.1. The van der Waals surface area contributed by atoms with Crippen LogP contribution in [0, 0.1) is 11.3 Å². The van der Waals surface area contributed by atoms with Gasteiger partial charge in [-0.2, -0.15) is 0 Å². The molecule has 170 valence electrons. The number of hydrogen-bond acceptors (Lipinski definition) is 5. The molecular formula is C24H34N2O5. The molecular weight excluding hydrogens is 396 g/mol. The van der Waals surface area contributed by atoms with Gasteiger partial charge in [-0.05, 0) is 54.7 Å². The molecule has 0 bridgehead atoms. The van der Waals surface area contributed by atoms with E-state index in [-0.39, 0.29) is 24.5 Å². The van der Waals surface area contributed by atoms with Gasteiger partial charge in [0.05, 0.1) is 13.7 Å². The topological polar surface area (TPSA) is 88.1 Å². The number of methoxy groups -OCH3 is 1. The van der Waals surface area contributed by atoms with Crippen LogP contribution in [0.2, 0.25) is 0 Å². The number of β-amino-alcohol motifs (C(OH)–C–C–N with tert-alkyl or cyclic N) is 1. The lowest BCUT2D eigenvalue weighted by atomic mass is 9.64. The van der Waals surface area contributed by atoms with Crippen LogP contribution in [-0.4, -0.2) is 53.8 Å². The van der Waals surface area contributed by atoms with E-state index in [0.29, 0.717) is 36.7 Å². The minimum Gasteiger partial charge on any atom is -0.493 e. The van der Waals surface area contributed by atoms with Crippen LogP contribution in [0.4, 0.5) is 4.79 Å². The number of nitrogens with zero attached hydrogens (tertiary/aromatic N) is 1. The third kappa shape index (κ3) is 5.03. The molecule has 1 aromatic carbocycles. The van der Waals surface area contributed by atoms with E-state index in [2.05, 4.69) is 32.7 Å². The number of amides is 3. The smallest absolute Gasteiger partial charge is 0.325 e. The number of rotatable bonds is 8. The molecule has 2 N–H and O–H groups in total. The Kier molecular flexibility index (Phi) is 6.65. The second kappa shape index (κ2) is 8.91. The second-order valence-electron chi connectivity index (χ2n) is 9.73. The Labute approximate surface area is 184 Å². The van der Waals surface area contributed by atoms with Gasteiger partial charge in [0.25, 0.3) is 5.91 Å². The highest BCUT2D eigenvalue weighted by molar-refractivity contribution is 6.07. The van der Waals surface area contributed by atoms with Crippen molar-refractivity contribution >= 4 is 11.9 Å². The van der Waals surface area contributed by atoms with Crippen LogP contribution in [0.1, 0.15) is 45.6 Å². The van der Waals surface area contributed by atoms with Crippen LogP contribution in [0.5, 0.6) is 11.5 Å². The molecule has 0 radical (unpaired) electrons. The van der Waals surface area contributed by atoms with Gasteiger partial charge in [0.1, 0.15) is 18.2 Å². The Bertz CT molecular complexity index is 852. The molecule has 1 spiro atoms. The number of ether oxygens (including phenoxy) is 2. The van der Waals surface area contributed by atoms with Crippen LogP contribution in [0.25, 0.3) is 0 Å². The third-order valence-corrected chi connectivity index (χ3v) is 6.06. The minimum atomic E-state index is -1.02. The lowest BCUT2D eigenvalue weighted by Gasteiger charge is -2.43. The molecule has 1 saturated carbocycles. The third-order valence-electron chi connectivity index (χ3n) is 6.06. The highest BCUT2D eigenvalue weighted by atomic mass is 16.5. The molecule has 2 fully saturated rings. The summed E-state index contributed by atoms with van der Waals surface area (Å²) in [5.41, 5.74) is 0.129. The van der Waals surface area contributed by atoms with Crippen LogP contribution < -0.4 is 14.8 Å². The van der Waals surface area contributed by atoms with E-state index >= 15 is 0 Å². The fourth-order valence-electron chi connectivity index (χ4n) is 5.25. The Balaban J connectivity index is 1.63. The van der Waals surface area contributed by atoms with Crippen LogP contribution in [0.3, 0.4) is 0 Å². The predicted octanol–water partition coefficient (Wildman–Crippen LogP) is 3.30. The molecule has 3 rings (SSSR count). The molecule has 7 heteroatoms. The van der Waals surface area contributed by atoms with Gasteiger partial charge in [-0.25, -0.2) is 4.79 Å². The summed E-state index contributed by atoms with van der Waals surface area (Å²) in [4.78, 5) is 26.9. The Morgan fingerprint density at radius 2 is 2.06 bits per heavy atom. The Morgan fingerprint density at radius 3 is 2.71 bits per heavy atom. The number of benzene rings is 1. The monoisotopic (exact) mass is 430 g/mol. The van der Waals surface area contributed by atoms with E-state index in [1.54, 1.807) is 19.3 Å². The van der Waals surface area contributed by atoms with Gasteiger partial charge in [-0.15, -0.1) is 6.58 Å². The summed E-state index contributed by atoms with van der Waals surface area (Å²) < 4.78 is 11.1. The van der Waals surface area contributed by atoms with Gasteiger partial charge in [0.2, 0.25) is 0 Å². The lowest BCUT2D eigenvalue weighted by molar-refractivity contribution is -0.135. The predicted molar refractivity (Wildman–Crippen MR) is 118 cm³/mol. The van der Waals surface area contributed by atoms with E-state index in [0.717, 1.165) is 16.9 Å². The molecule has 1 aliphatic carbocycles. The molecule has 3 amide bonds. The average Bonchev–Trinajstić information content (AvgIpc) is 2.88. The van der Waals surface area contributed by atoms with Crippen molar-refractivity contribution in [3.8, 4) is 11.5 Å². The van der Waals surface area contributed by atoms with Crippen molar-refractivity contribution in [1.82, 2.24) is 10.2 Å². The SMILES string of the molecule is C=CCc1ccc(OCC(O)CN2C(=O)NC3(CC(C)CC(C)(C)C3)C2=O)c(OC)c1. The zero-order chi connectivity index (χ0) is 22.8. The lowest BCUT2D eigenvalue weighted by Crippen LogP contribution is -2.54. The number of nitrogens with one attached hydrogen (secondary N) is 1. The van der Waals surface area contributed by atoms with Crippen molar-refractivity contribution in [3.63, 3.8) is 0 Å². The highest BCUT2D eigenvalue weighted by Crippen LogP contribution is 2.46. The number of aliphatic hydroxyl groups is 1. The summed E-state index contributed by atoms with van der Waals surface area (Å²) in [5.74, 6) is 1.13. The summed E-state index contributed by atoms with van der Waals surface area (Å²) in [7, 11) is 1.55. The summed E-state index contributed by atoms with van der Waals surface area (Å²) in [6, 6.07) is 5.09. The number of carbonyl (C=O) groups is 2. The maximum Gasteiger partial charge on any atom is 0.325 e. The quantitative estimate of drug-likeness (QED) is 0.488. The number of allylic oxidation sites excluding steroid dienone is 1. The zero-order valence-electron chi connectivity index (χ0n) is 18.9. The first-order chi connectivity index (χ1) is 14.6. The summed E-state index contributed by atoms with van der Waals surface area (Å²) in [6.07, 6.45) is 3.74. The molecule has 1 saturated heterocycles. The van der Waals surface area contributed by atoms with Crippen molar-refractivity contribution in [2.24, 2.45) is 11.3 Å². The maximum absolute atomic E-state index is 13.2. The van der Waals surface area contributed by atoms with Gasteiger partial charge in [0.15, 0.2) is 11.5 Å².